The second-order valence-electron chi connectivity index (χ2n) is 4.48. The van der Waals surface area contributed by atoms with Crippen LogP contribution in [0.2, 0.25) is 5.02 Å². The molecule has 0 radical (unpaired) electrons. The molecule has 88 valence electrons. The number of aromatic nitrogens is 1. The molecule has 2 heterocycles. The molecule has 2 rings (SSSR count). The average molecular weight is 240 g/mol. The van der Waals surface area contributed by atoms with E-state index in [2.05, 4.69) is 29.3 Å². The molecule has 1 aliphatic rings. The third-order valence-electron chi connectivity index (χ3n) is 3.19. The molecule has 2 atom stereocenters. The summed E-state index contributed by atoms with van der Waals surface area (Å²) < 4.78 is 0. The predicted molar refractivity (Wildman–Crippen MR) is 67.5 cm³/mol. The van der Waals surface area contributed by atoms with Crippen molar-refractivity contribution in [3.8, 4) is 0 Å². The Bertz CT molecular complexity index is 346. The maximum absolute atomic E-state index is 6.09. The highest BCUT2D eigenvalue weighted by atomic mass is 35.5. The van der Waals surface area contributed by atoms with Crippen molar-refractivity contribution in [1.29, 1.82) is 0 Å². The lowest BCUT2D eigenvalue weighted by molar-refractivity contribution is 0.135. The van der Waals surface area contributed by atoms with Gasteiger partial charge >= 0.3 is 0 Å². The van der Waals surface area contributed by atoms with Gasteiger partial charge in [-0.3, -0.25) is 0 Å². The minimum Gasteiger partial charge on any atom is -0.301 e. The molecule has 0 aromatic carbocycles. The van der Waals surface area contributed by atoms with Gasteiger partial charge in [-0.2, -0.15) is 0 Å². The molecule has 1 N–H and O–H groups in total. The van der Waals surface area contributed by atoms with Gasteiger partial charge in [0.05, 0.1) is 5.02 Å². The fraction of sp³-hybridized carbons (Fsp3) is 0.583. The van der Waals surface area contributed by atoms with Gasteiger partial charge in [0.15, 0.2) is 5.82 Å². The Balaban J connectivity index is 2.11. The largest absolute Gasteiger partial charge is 0.301 e. The van der Waals surface area contributed by atoms with Gasteiger partial charge in [0, 0.05) is 18.3 Å². The van der Waals surface area contributed by atoms with Gasteiger partial charge in [-0.25, -0.2) is 9.99 Å². The Kier molecular flexibility index (Phi) is 3.66. The predicted octanol–water partition coefficient (Wildman–Crippen LogP) is 3.32. The number of hydrogen-bond acceptors (Lipinski definition) is 3. The molecule has 0 spiro atoms. The van der Waals surface area contributed by atoms with E-state index in [1.54, 1.807) is 6.20 Å². The van der Waals surface area contributed by atoms with Crippen LogP contribution in [0, 0.1) is 0 Å². The van der Waals surface area contributed by atoms with Crippen LogP contribution in [-0.2, 0) is 0 Å². The molecule has 16 heavy (non-hydrogen) atoms. The van der Waals surface area contributed by atoms with Gasteiger partial charge in [0.1, 0.15) is 0 Å². The van der Waals surface area contributed by atoms with Crippen molar-refractivity contribution in [2.75, 3.05) is 5.43 Å². The third-order valence-corrected chi connectivity index (χ3v) is 3.49. The van der Waals surface area contributed by atoms with Gasteiger partial charge in [-0.1, -0.05) is 18.0 Å². The van der Waals surface area contributed by atoms with Crippen molar-refractivity contribution in [2.24, 2.45) is 0 Å². The van der Waals surface area contributed by atoms with E-state index in [9.17, 15) is 0 Å². The van der Waals surface area contributed by atoms with Crippen LogP contribution in [0.4, 0.5) is 5.82 Å². The minimum atomic E-state index is 0.529. The first-order chi connectivity index (χ1) is 7.68. The maximum Gasteiger partial charge on any atom is 0.159 e. The van der Waals surface area contributed by atoms with Crippen molar-refractivity contribution >= 4 is 17.4 Å². The average Bonchev–Trinajstić information content (AvgIpc) is 2.26. The zero-order chi connectivity index (χ0) is 11.5. The van der Waals surface area contributed by atoms with Crippen LogP contribution in [0.25, 0.3) is 0 Å². The van der Waals surface area contributed by atoms with E-state index < -0.39 is 0 Å². The minimum absolute atomic E-state index is 0.529. The first-order valence-electron chi connectivity index (χ1n) is 5.84. The number of nitrogens with one attached hydrogen (secondary N) is 1. The molecule has 0 saturated carbocycles. The summed E-state index contributed by atoms with van der Waals surface area (Å²) in [5, 5.41) is 2.94. The van der Waals surface area contributed by atoms with Crippen LogP contribution in [0.3, 0.4) is 0 Å². The highest BCUT2D eigenvalue weighted by Gasteiger charge is 2.25. The second kappa shape index (κ2) is 5.02. The summed E-state index contributed by atoms with van der Waals surface area (Å²) in [6, 6.07) is 4.76. The monoisotopic (exact) mass is 239 g/mol. The molecule has 0 bridgehead atoms. The van der Waals surface area contributed by atoms with E-state index in [0.717, 1.165) is 5.82 Å². The van der Waals surface area contributed by atoms with Gasteiger partial charge in [-0.05, 0) is 38.8 Å². The third kappa shape index (κ3) is 2.47. The SMILES string of the molecule is CC1CCCC(C)N1Nc1ncccc1Cl. The van der Waals surface area contributed by atoms with Gasteiger partial charge in [0.2, 0.25) is 0 Å². The van der Waals surface area contributed by atoms with Crippen LogP contribution < -0.4 is 5.43 Å². The number of anilines is 1. The van der Waals surface area contributed by atoms with Crippen molar-refractivity contribution in [1.82, 2.24) is 9.99 Å². The highest BCUT2D eigenvalue weighted by molar-refractivity contribution is 6.32. The summed E-state index contributed by atoms with van der Waals surface area (Å²) in [7, 11) is 0. The molecule has 1 aliphatic heterocycles. The smallest absolute Gasteiger partial charge is 0.159 e. The van der Waals surface area contributed by atoms with Gasteiger partial charge in [0.25, 0.3) is 0 Å². The van der Waals surface area contributed by atoms with Crippen LogP contribution in [0.15, 0.2) is 18.3 Å². The first-order valence-corrected chi connectivity index (χ1v) is 6.22. The van der Waals surface area contributed by atoms with Crippen molar-refractivity contribution < 1.29 is 0 Å². The van der Waals surface area contributed by atoms with E-state index in [4.69, 9.17) is 11.6 Å². The quantitative estimate of drug-likeness (QED) is 0.858. The Morgan fingerprint density at radius 2 is 2.06 bits per heavy atom. The molecular weight excluding hydrogens is 222 g/mol. The second-order valence-corrected chi connectivity index (χ2v) is 4.89. The molecular formula is C12H18ClN3. The lowest BCUT2D eigenvalue weighted by Gasteiger charge is -2.39. The summed E-state index contributed by atoms with van der Waals surface area (Å²) >= 11 is 6.09. The Hall–Kier alpha value is -0.800. The maximum atomic E-state index is 6.09. The van der Waals surface area contributed by atoms with Gasteiger partial charge < -0.3 is 5.43 Å². The Labute approximate surface area is 102 Å². The fourth-order valence-electron chi connectivity index (χ4n) is 2.23. The topological polar surface area (TPSA) is 28.2 Å². The van der Waals surface area contributed by atoms with Crippen LogP contribution in [0.1, 0.15) is 33.1 Å². The molecule has 1 aromatic rings. The number of pyridine rings is 1. The van der Waals surface area contributed by atoms with Gasteiger partial charge in [-0.15, -0.1) is 0 Å². The lowest BCUT2D eigenvalue weighted by Crippen LogP contribution is -2.47. The Morgan fingerprint density at radius 1 is 1.38 bits per heavy atom. The van der Waals surface area contributed by atoms with Crippen molar-refractivity contribution in [3.05, 3.63) is 23.4 Å². The van der Waals surface area contributed by atoms with Crippen molar-refractivity contribution in [3.63, 3.8) is 0 Å². The number of hydrazine groups is 1. The number of piperidine rings is 1. The lowest BCUT2D eigenvalue weighted by atomic mass is 10.00. The van der Waals surface area contributed by atoms with Crippen LogP contribution >= 0.6 is 11.6 Å². The molecule has 1 aromatic heterocycles. The summed E-state index contributed by atoms with van der Waals surface area (Å²) in [6.07, 6.45) is 5.51. The van der Waals surface area contributed by atoms with Crippen molar-refractivity contribution in [2.45, 2.75) is 45.2 Å². The van der Waals surface area contributed by atoms with Crippen LogP contribution in [0.5, 0.6) is 0 Å². The Morgan fingerprint density at radius 3 is 2.69 bits per heavy atom. The van der Waals surface area contributed by atoms with E-state index in [1.807, 2.05) is 12.1 Å². The first kappa shape index (κ1) is 11.7. The molecule has 4 heteroatoms. The molecule has 2 unspecified atom stereocenters. The van der Waals surface area contributed by atoms with E-state index >= 15 is 0 Å². The number of halogens is 1. The fourth-order valence-corrected chi connectivity index (χ4v) is 2.40. The standard InChI is InChI=1S/C12H18ClN3/c1-9-5-3-6-10(2)16(9)15-12-11(13)7-4-8-14-12/h4,7-10H,3,5-6H2,1-2H3,(H,14,15). The molecule has 1 fully saturated rings. The van der Waals surface area contributed by atoms with E-state index in [-0.39, 0.29) is 0 Å². The summed E-state index contributed by atoms with van der Waals surface area (Å²) in [4.78, 5) is 4.26. The number of nitrogens with zero attached hydrogens (tertiary/aromatic N) is 2. The zero-order valence-corrected chi connectivity index (χ0v) is 10.5. The van der Waals surface area contributed by atoms with E-state index in [0.29, 0.717) is 17.1 Å². The molecule has 0 amide bonds. The summed E-state index contributed by atoms with van der Waals surface area (Å²) in [5.74, 6) is 0.754. The highest BCUT2D eigenvalue weighted by Crippen LogP contribution is 2.25. The van der Waals surface area contributed by atoms with Crippen LogP contribution in [-0.4, -0.2) is 22.1 Å². The number of rotatable bonds is 2. The normalized spacial score (nSPS) is 26.7. The molecule has 3 nitrogen and oxygen atoms in total. The van der Waals surface area contributed by atoms with E-state index in [1.165, 1.54) is 19.3 Å². The summed E-state index contributed by atoms with van der Waals surface area (Å²) in [6.45, 7) is 4.47. The number of hydrogen-bond donors (Lipinski definition) is 1. The molecule has 1 saturated heterocycles. The molecule has 0 aliphatic carbocycles. The zero-order valence-electron chi connectivity index (χ0n) is 9.78. The summed E-state index contributed by atoms with van der Waals surface area (Å²) in [5.41, 5.74) is 3.34.